The fraction of sp³-hybridized carbons (Fsp3) is 0.214. The number of hydrogen-bond acceptors (Lipinski definition) is 5. The van der Waals surface area contributed by atoms with Gasteiger partial charge in [0.15, 0.2) is 6.61 Å². The Labute approximate surface area is 138 Å². The second-order valence-electron chi connectivity index (χ2n) is 4.54. The Morgan fingerprint density at radius 1 is 1.32 bits per heavy atom. The van der Waals surface area contributed by atoms with Gasteiger partial charge in [0, 0.05) is 31.4 Å². The molecule has 8 heteroatoms. The summed E-state index contributed by atoms with van der Waals surface area (Å²) in [5.41, 5.74) is 0. The number of rotatable bonds is 5. The van der Waals surface area contributed by atoms with Crippen LogP contribution >= 0.6 is 23.2 Å². The molecule has 0 saturated heterocycles. The van der Waals surface area contributed by atoms with E-state index in [0.717, 1.165) is 0 Å². The Bertz CT molecular complexity index is 680. The maximum atomic E-state index is 11.9. The summed E-state index contributed by atoms with van der Waals surface area (Å²) in [7, 11) is 3.69. The number of nitrogens with one attached hydrogen (secondary N) is 1. The monoisotopic (exact) mass is 340 g/mol. The lowest BCUT2D eigenvalue weighted by molar-refractivity contribution is -0.118. The first kappa shape index (κ1) is 16.3. The van der Waals surface area contributed by atoms with Gasteiger partial charge in [0.1, 0.15) is 11.6 Å². The van der Waals surface area contributed by atoms with E-state index < -0.39 is 5.91 Å². The summed E-state index contributed by atoms with van der Waals surface area (Å²) in [6.45, 7) is -0.227. The van der Waals surface area contributed by atoms with Crippen LogP contribution in [0.3, 0.4) is 0 Å². The third-order valence-electron chi connectivity index (χ3n) is 2.60. The highest BCUT2D eigenvalue weighted by atomic mass is 35.5. The maximum Gasteiger partial charge on any atom is 0.264 e. The molecule has 0 fully saturated rings. The third-order valence-corrected chi connectivity index (χ3v) is 3.15. The van der Waals surface area contributed by atoms with Crippen LogP contribution in [-0.2, 0) is 4.79 Å². The maximum absolute atomic E-state index is 11.9. The van der Waals surface area contributed by atoms with Crippen LogP contribution in [0.1, 0.15) is 0 Å². The van der Waals surface area contributed by atoms with E-state index in [4.69, 9.17) is 27.9 Å². The first-order valence-corrected chi connectivity index (χ1v) is 7.09. The predicted molar refractivity (Wildman–Crippen MR) is 86.9 cm³/mol. The van der Waals surface area contributed by atoms with Gasteiger partial charge in [0.2, 0.25) is 5.95 Å². The average Bonchev–Trinajstić information content (AvgIpc) is 2.48. The number of hydrogen-bond donors (Lipinski definition) is 1. The molecule has 116 valence electrons. The molecule has 2 rings (SSSR count). The zero-order valence-electron chi connectivity index (χ0n) is 12.0. The van der Waals surface area contributed by atoms with Gasteiger partial charge in [-0.3, -0.25) is 10.1 Å². The molecule has 0 bridgehead atoms. The number of nitrogens with zero attached hydrogens (tertiary/aromatic N) is 3. The van der Waals surface area contributed by atoms with Crippen molar-refractivity contribution in [1.29, 1.82) is 0 Å². The van der Waals surface area contributed by atoms with Gasteiger partial charge in [-0.15, -0.1) is 0 Å². The van der Waals surface area contributed by atoms with E-state index in [1.165, 1.54) is 0 Å². The molecular formula is C14H14Cl2N4O2. The summed E-state index contributed by atoms with van der Waals surface area (Å²) in [5, 5.41) is 3.40. The van der Waals surface area contributed by atoms with Crippen molar-refractivity contribution in [3.8, 4) is 5.75 Å². The van der Waals surface area contributed by atoms with Crippen LogP contribution < -0.4 is 15.0 Å². The molecule has 0 aliphatic carbocycles. The van der Waals surface area contributed by atoms with Gasteiger partial charge >= 0.3 is 0 Å². The number of carbonyl (C=O) groups excluding carboxylic acids is 1. The molecule has 6 nitrogen and oxygen atoms in total. The van der Waals surface area contributed by atoms with E-state index in [1.54, 1.807) is 35.4 Å². The number of halogens is 2. The average molecular weight is 341 g/mol. The summed E-state index contributed by atoms with van der Waals surface area (Å²) in [6.07, 6.45) is 1.56. The van der Waals surface area contributed by atoms with E-state index in [0.29, 0.717) is 21.6 Å². The number of anilines is 2. The summed E-state index contributed by atoms with van der Waals surface area (Å²) in [5.74, 6) is 0.834. The van der Waals surface area contributed by atoms with Crippen molar-refractivity contribution in [3.63, 3.8) is 0 Å². The standard InChI is InChI=1S/C14H14Cl2N4O2/c1-20(2)12-5-6-17-14(18-12)19-13(21)8-22-11-7-9(15)3-4-10(11)16/h3-7H,8H2,1-2H3,(H,17,18,19,21). The molecule has 0 atom stereocenters. The molecule has 0 radical (unpaired) electrons. The van der Waals surface area contributed by atoms with E-state index in [1.807, 2.05) is 14.1 Å². The summed E-state index contributed by atoms with van der Waals surface area (Å²) in [6, 6.07) is 6.51. The quantitative estimate of drug-likeness (QED) is 0.906. The molecule has 1 N–H and O–H groups in total. The lowest BCUT2D eigenvalue weighted by atomic mass is 10.3. The number of benzene rings is 1. The van der Waals surface area contributed by atoms with Crippen molar-refractivity contribution in [2.75, 3.05) is 30.9 Å². The summed E-state index contributed by atoms with van der Waals surface area (Å²) < 4.78 is 5.33. The Morgan fingerprint density at radius 2 is 2.09 bits per heavy atom. The van der Waals surface area contributed by atoms with Crippen molar-refractivity contribution in [2.24, 2.45) is 0 Å². The molecule has 0 saturated carbocycles. The van der Waals surface area contributed by atoms with E-state index in [-0.39, 0.29) is 12.6 Å². The Morgan fingerprint density at radius 3 is 2.82 bits per heavy atom. The fourth-order valence-corrected chi connectivity index (χ4v) is 1.88. The van der Waals surface area contributed by atoms with Crippen molar-refractivity contribution in [2.45, 2.75) is 0 Å². The van der Waals surface area contributed by atoms with Crippen LogP contribution in [0.2, 0.25) is 10.0 Å². The molecule has 1 heterocycles. The van der Waals surface area contributed by atoms with E-state index >= 15 is 0 Å². The predicted octanol–water partition coefficient (Wildman–Crippen LogP) is 2.87. The molecule has 0 unspecified atom stereocenters. The first-order chi connectivity index (χ1) is 10.5. The Hall–Kier alpha value is -2.05. The fourth-order valence-electron chi connectivity index (χ4n) is 1.55. The Kier molecular flexibility index (Phi) is 5.41. The largest absolute Gasteiger partial charge is 0.482 e. The van der Waals surface area contributed by atoms with Crippen molar-refractivity contribution in [1.82, 2.24) is 9.97 Å². The van der Waals surface area contributed by atoms with Gasteiger partial charge in [-0.25, -0.2) is 4.98 Å². The van der Waals surface area contributed by atoms with Gasteiger partial charge in [-0.1, -0.05) is 23.2 Å². The smallest absolute Gasteiger partial charge is 0.264 e. The highest BCUT2D eigenvalue weighted by molar-refractivity contribution is 6.34. The van der Waals surface area contributed by atoms with Gasteiger partial charge in [-0.2, -0.15) is 4.98 Å². The van der Waals surface area contributed by atoms with Crippen LogP contribution in [0.5, 0.6) is 5.75 Å². The second kappa shape index (κ2) is 7.29. The van der Waals surface area contributed by atoms with Crippen LogP contribution in [0, 0.1) is 0 Å². The lowest BCUT2D eigenvalue weighted by Crippen LogP contribution is -2.22. The van der Waals surface area contributed by atoms with E-state index in [9.17, 15) is 4.79 Å². The van der Waals surface area contributed by atoms with Crippen molar-refractivity contribution in [3.05, 3.63) is 40.5 Å². The first-order valence-electron chi connectivity index (χ1n) is 6.34. The zero-order chi connectivity index (χ0) is 16.1. The highest BCUT2D eigenvalue weighted by Crippen LogP contribution is 2.27. The molecule has 0 spiro atoms. The summed E-state index contributed by atoms with van der Waals surface area (Å²) in [4.78, 5) is 21.8. The number of aromatic nitrogens is 2. The van der Waals surface area contributed by atoms with Crippen LogP contribution in [0.25, 0.3) is 0 Å². The van der Waals surface area contributed by atoms with Gasteiger partial charge in [0.25, 0.3) is 5.91 Å². The topological polar surface area (TPSA) is 67.4 Å². The Balaban J connectivity index is 1.96. The number of carbonyl (C=O) groups is 1. The lowest BCUT2D eigenvalue weighted by Gasteiger charge is -2.12. The van der Waals surface area contributed by atoms with Crippen molar-refractivity contribution < 1.29 is 9.53 Å². The SMILES string of the molecule is CN(C)c1ccnc(NC(=O)COc2cc(Cl)ccc2Cl)n1. The second-order valence-corrected chi connectivity index (χ2v) is 5.39. The minimum Gasteiger partial charge on any atom is -0.482 e. The molecule has 22 heavy (non-hydrogen) atoms. The van der Waals surface area contributed by atoms with Gasteiger partial charge in [-0.05, 0) is 18.2 Å². The third kappa shape index (κ3) is 4.47. The molecule has 1 aromatic heterocycles. The number of ether oxygens (including phenoxy) is 1. The van der Waals surface area contributed by atoms with E-state index in [2.05, 4.69) is 15.3 Å². The normalized spacial score (nSPS) is 10.2. The minimum atomic E-state index is -0.396. The van der Waals surface area contributed by atoms with Crippen LogP contribution in [0.4, 0.5) is 11.8 Å². The van der Waals surface area contributed by atoms with Crippen LogP contribution in [-0.4, -0.2) is 36.6 Å². The molecule has 1 amide bonds. The van der Waals surface area contributed by atoms with Crippen LogP contribution in [0.15, 0.2) is 30.5 Å². The highest BCUT2D eigenvalue weighted by Gasteiger charge is 2.09. The van der Waals surface area contributed by atoms with Crippen molar-refractivity contribution >= 4 is 40.9 Å². The molecule has 1 aromatic carbocycles. The van der Waals surface area contributed by atoms with Gasteiger partial charge in [0.05, 0.1) is 5.02 Å². The number of amides is 1. The molecule has 0 aliphatic rings. The minimum absolute atomic E-state index is 0.206. The molecular weight excluding hydrogens is 327 g/mol. The zero-order valence-corrected chi connectivity index (χ0v) is 13.5. The molecule has 2 aromatic rings. The molecule has 0 aliphatic heterocycles. The van der Waals surface area contributed by atoms with Gasteiger partial charge < -0.3 is 9.64 Å². The summed E-state index contributed by atoms with van der Waals surface area (Å²) >= 11 is 11.8.